The quantitative estimate of drug-likeness (QED) is 0.799. The number of hydrogen-bond donors (Lipinski definition) is 1. The van der Waals surface area contributed by atoms with Crippen LogP contribution in [0.2, 0.25) is 0 Å². The molecule has 0 aliphatic heterocycles. The number of pyridine rings is 1. The van der Waals surface area contributed by atoms with Gasteiger partial charge in [-0.1, -0.05) is 48.5 Å². The van der Waals surface area contributed by atoms with Gasteiger partial charge in [0.2, 0.25) is 0 Å². The molecule has 23 heavy (non-hydrogen) atoms. The normalized spacial score (nSPS) is 10.4. The molecule has 3 rings (SSSR count). The number of rotatable bonds is 4. The van der Waals surface area contributed by atoms with Gasteiger partial charge in [0.15, 0.2) is 0 Å². The maximum Gasteiger partial charge on any atom is 0.307 e. The van der Waals surface area contributed by atoms with Crippen LogP contribution in [0, 0.1) is 11.3 Å². The van der Waals surface area contributed by atoms with Gasteiger partial charge in [0.1, 0.15) is 0 Å². The zero-order valence-corrected chi connectivity index (χ0v) is 12.4. The molecule has 0 saturated heterocycles. The molecule has 0 atom stereocenters. The summed E-state index contributed by atoms with van der Waals surface area (Å²) >= 11 is 0. The molecule has 4 heteroatoms. The van der Waals surface area contributed by atoms with E-state index in [1.54, 1.807) is 0 Å². The minimum atomic E-state index is -0.917. The number of nitrogens with zero attached hydrogens (tertiary/aromatic N) is 2. The van der Waals surface area contributed by atoms with E-state index < -0.39 is 5.97 Å². The van der Waals surface area contributed by atoms with E-state index in [1.165, 1.54) is 0 Å². The highest BCUT2D eigenvalue weighted by atomic mass is 16.4. The zero-order valence-electron chi connectivity index (χ0n) is 12.4. The van der Waals surface area contributed by atoms with Crippen molar-refractivity contribution in [2.24, 2.45) is 0 Å². The Bertz CT molecular complexity index is 912. The Balaban J connectivity index is 2.37. The van der Waals surface area contributed by atoms with Crippen LogP contribution < -0.4 is 0 Å². The van der Waals surface area contributed by atoms with Crippen LogP contribution in [0.3, 0.4) is 0 Å². The highest BCUT2D eigenvalue weighted by Crippen LogP contribution is 2.30. The smallest absolute Gasteiger partial charge is 0.307 e. The van der Waals surface area contributed by atoms with E-state index in [0.717, 1.165) is 16.5 Å². The molecule has 1 aromatic heterocycles. The van der Waals surface area contributed by atoms with Crippen molar-refractivity contribution in [2.75, 3.05) is 0 Å². The molecule has 112 valence electrons. The van der Waals surface area contributed by atoms with Crippen LogP contribution in [-0.2, 0) is 17.6 Å². The maximum atomic E-state index is 11.3. The van der Waals surface area contributed by atoms with E-state index in [0.29, 0.717) is 16.8 Å². The largest absolute Gasteiger partial charge is 0.481 e. The first-order chi connectivity index (χ1) is 11.2. The monoisotopic (exact) mass is 302 g/mol. The second-order valence-corrected chi connectivity index (χ2v) is 5.21. The highest BCUT2D eigenvalue weighted by Gasteiger charge is 2.18. The number of hydrogen-bond acceptors (Lipinski definition) is 3. The van der Waals surface area contributed by atoms with Crippen molar-refractivity contribution < 1.29 is 9.90 Å². The SMILES string of the molecule is N#CCc1c(-c2ccccc2)nc2ccccc2c1CC(=O)O. The van der Waals surface area contributed by atoms with Gasteiger partial charge in [-0.3, -0.25) is 4.79 Å². The van der Waals surface area contributed by atoms with Crippen molar-refractivity contribution in [3.05, 3.63) is 65.7 Å². The minimum absolute atomic E-state index is 0.125. The van der Waals surface area contributed by atoms with E-state index in [-0.39, 0.29) is 12.8 Å². The number of fused-ring (bicyclic) bond motifs is 1. The van der Waals surface area contributed by atoms with Gasteiger partial charge < -0.3 is 5.11 Å². The number of carboxylic acids is 1. The Labute approximate surface area is 133 Å². The topological polar surface area (TPSA) is 74.0 Å². The van der Waals surface area contributed by atoms with Gasteiger partial charge in [0.05, 0.1) is 30.1 Å². The average molecular weight is 302 g/mol. The van der Waals surface area contributed by atoms with Crippen LogP contribution in [0.4, 0.5) is 0 Å². The maximum absolute atomic E-state index is 11.3. The first kappa shape index (κ1) is 14.7. The summed E-state index contributed by atoms with van der Waals surface area (Å²) in [5.74, 6) is -0.917. The van der Waals surface area contributed by atoms with Crippen molar-refractivity contribution >= 4 is 16.9 Å². The van der Waals surface area contributed by atoms with Crippen molar-refractivity contribution in [3.63, 3.8) is 0 Å². The molecular weight excluding hydrogens is 288 g/mol. The standard InChI is InChI=1S/C19H14N2O2/c20-11-10-15-16(12-18(22)23)14-8-4-5-9-17(14)21-19(15)13-6-2-1-3-7-13/h1-9H,10,12H2,(H,22,23). The number of carbonyl (C=O) groups is 1. The molecule has 0 unspecified atom stereocenters. The molecule has 0 spiro atoms. The third kappa shape index (κ3) is 2.90. The molecule has 0 aliphatic carbocycles. The highest BCUT2D eigenvalue weighted by molar-refractivity contribution is 5.90. The summed E-state index contributed by atoms with van der Waals surface area (Å²) in [7, 11) is 0. The van der Waals surface area contributed by atoms with Crippen molar-refractivity contribution in [3.8, 4) is 17.3 Å². The predicted molar refractivity (Wildman–Crippen MR) is 87.8 cm³/mol. The number of para-hydroxylation sites is 1. The van der Waals surface area contributed by atoms with Crippen LogP contribution >= 0.6 is 0 Å². The lowest BCUT2D eigenvalue weighted by atomic mass is 9.93. The summed E-state index contributed by atoms with van der Waals surface area (Å²) in [6.45, 7) is 0. The second-order valence-electron chi connectivity index (χ2n) is 5.21. The molecule has 0 fully saturated rings. The average Bonchev–Trinajstić information content (AvgIpc) is 2.57. The van der Waals surface area contributed by atoms with Crippen LogP contribution in [0.5, 0.6) is 0 Å². The Morgan fingerprint density at radius 1 is 1.04 bits per heavy atom. The van der Waals surface area contributed by atoms with E-state index in [2.05, 4.69) is 11.1 Å². The number of nitriles is 1. The number of carboxylic acid groups (broad SMARTS) is 1. The molecule has 2 aromatic carbocycles. The van der Waals surface area contributed by atoms with E-state index in [9.17, 15) is 15.2 Å². The lowest BCUT2D eigenvalue weighted by Crippen LogP contribution is -2.07. The van der Waals surface area contributed by atoms with Crippen molar-refractivity contribution in [2.45, 2.75) is 12.8 Å². The Hall–Kier alpha value is -3.19. The van der Waals surface area contributed by atoms with E-state index >= 15 is 0 Å². The Morgan fingerprint density at radius 2 is 1.74 bits per heavy atom. The molecule has 0 bridgehead atoms. The Morgan fingerprint density at radius 3 is 2.43 bits per heavy atom. The van der Waals surface area contributed by atoms with Crippen LogP contribution in [0.1, 0.15) is 11.1 Å². The van der Waals surface area contributed by atoms with Gasteiger partial charge in [-0.05, 0) is 17.2 Å². The van der Waals surface area contributed by atoms with E-state index in [4.69, 9.17) is 0 Å². The fourth-order valence-electron chi connectivity index (χ4n) is 2.78. The summed E-state index contributed by atoms with van der Waals surface area (Å²) in [5.41, 5.74) is 3.67. The lowest BCUT2D eigenvalue weighted by molar-refractivity contribution is -0.136. The fraction of sp³-hybridized carbons (Fsp3) is 0.105. The lowest BCUT2D eigenvalue weighted by Gasteiger charge is -2.14. The summed E-state index contributed by atoms with van der Waals surface area (Å²) < 4.78 is 0. The Kier molecular flexibility index (Phi) is 4.03. The third-order valence-electron chi connectivity index (χ3n) is 3.74. The van der Waals surface area contributed by atoms with Crippen molar-refractivity contribution in [1.82, 2.24) is 4.98 Å². The van der Waals surface area contributed by atoms with Crippen LogP contribution in [0.25, 0.3) is 22.2 Å². The van der Waals surface area contributed by atoms with Gasteiger partial charge in [-0.15, -0.1) is 0 Å². The van der Waals surface area contributed by atoms with Crippen LogP contribution in [0.15, 0.2) is 54.6 Å². The first-order valence-corrected chi connectivity index (χ1v) is 7.25. The summed E-state index contributed by atoms with van der Waals surface area (Å²) in [5, 5.41) is 19.3. The molecule has 0 saturated carbocycles. The van der Waals surface area contributed by atoms with Gasteiger partial charge >= 0.3 is 5.97 Å². The molecule has 0 aliphatic rings. The molecule has 1 heterocycles. The van der Waals surface area contributed by atoms with E-state index in [1.807, 2.05) is 54.6 Å². The molecule has 4 nitrogen and oxygen atoms in total. The molecule has 0 amide bonds. The van der Waals surface area contributed by atoms with Gasteiger partial charge in [0, 0.05) is 10.9 Å². The number of aromatic nitrogens is 1. The summed E-state index contributed by atoms with van der Waals surface area (Å²) in [6, 6.07) is 19.1. The van der Waals surface area contributed by atoms with Gasteiger partial charge in [-0.2, -0.15) is 5.26 Å². The molecule has 3 aromatic rings. The molecule has 0 radical (unpaired) electrons. The molecular formula is C19H14N2O2. The number of benzene rings is 2. The minimum Gasteiger partial charge on any atom is -0.481 e. The summed E-state index contributed by atoms with van der Waals surface area (Å²) in [4.78, 5) is 16.0. The fourth-order valence-corrected chi connectivity index (χ4v) is 2.78. The van der Waals surface area contributed by atoms with Crippen molar-refractivity contribution in [1.29, 1.82) is 5.26 Å². The number of aliphatic carboxylic acids is 1. The first-order valence-electron chi connectivity index (χ1n) is 7.25. The van der Waals surface area contributed by atoms with Crippen LogP contribution in [-0.4, -0.2) is 16.1 Å². The summed E-state index contributed by atoms with van der Waals surface area (Å²) in [6.07, 6.45) is 0.00452. The molecule has 1 N–H and O–H groups in total. The second kappa shape index (κ2) is 6.29. The predicted octanol–water partition coefficient (Wildman–Crippen LogP) is 3.59. The van der Waals surface area contributed by atoms with Gasteiger partial charge in [0.25, 0.3) is 0 Å². The van der Waals surface area contributed by atoms with Gasteiger partial charge in [-0.25, -0.2) is 4.98 Å². The zero-order chi connectivity index (χ0) is 16.2. The third-order valence-corrected chi connectivity index (χ3v) is 3.74.